The summed E-state index contributed by atoms with van der Waals surface area (Å²) in [6, 6.07) is 0. The van der Waals surface area contributed by atoms with E-state index >= 15 is 0 Å². The number of aromatic nitrogens is 1. The third kappa shape index (κ3) is 2.02. The van der Waals surface area contributed by atoms with E-state index in [2.05, 4.69) is 4.98 Å². The van der Waals surface area contributed by atoms with Gasteiger partial charge in [-0.15, -0.1) is 0 Å². The average molecular weight is 233 g/mol. The number of carboxylic acid groups (broad SMARTS) is 1. The van der Waals surface area contributed by atoms with Crippen molar-refractivity contribution in [1.29, 1.82) is 0 Å². The monoisotopic (exact) mass is 233 g/mol. The number of pyridine rings is 1. The molecule has 7 heteroatoms. The lowest BCUT2D eigenvalue weighted by Crippen LogP contribution is -2.08. The smallest absolute Gasteiger partial charge is 0.340 e. The van der Waals surface area contributed by atoms with Gasteiger partial charge in [0.15, 0.2) is 5.75 Å². The van der Waals surface area contributed by atoms with Crippen LogP contribution in [0.4, 0.5) is 8.78 Å². The van der Waals surface area contributed by atoms with Crippen LogP contribution in [0.25, 0.3) is 0 Å². The molecule has 1 aromatic heterocycles. The maximum absolute atomic E-state index is 12.5. The van der Waals surface area contributed by atoms with Crippen LogP contribution in [0.15, 0.2) is 6.20 Å². The standard InChI is InChI=1S/C9H9F2NO4/c1-15-6-5(9(13)14)4(7(10)11)3-12-8(6)16-2/h3,7H,1-2H3,(H,13,14). The van der Waals surface area contributed by atoms with E-state index < -0.39 is 23.5 Å². The maximum Gasteiger partial charge on any atom is 0.340 e. The second-order valence-corrected chi connectivity index (χ2v) is 2.74. The van der Waals surface area contributed by atoms with Crippen molar-refractivity contribution in [3.8, 4) is 11.6 Å². The molecular formula is C9H9F2NO4. The van der Waals surface area contributed by atoms with Crippen LogP contribution in [-0.2, 0) is 0 Å². The zero-order valence-corrected chi connectivity index (χ0v) is 8.53. The normalized spacial score (nSPS) is 10.3. The van der Waals surface area contributed by atoms with E-state index in [0.29, 0.717) is 0 Å². The van der Waals surface area contributed by atoms with E-state index in [9.17, 15) is 13.6 Å². The SMILES string of the molecule is COc1ncc(C(F)F)c(C(=O)O)c1OC. The first-order valence-electron chi connectivity index (χ1n) is 4.15. The predicted molar refractivity (Wildman–Crippen MR) is 49.3 cm³/mol. The number of rotatable bonds is 4. The van der Waals surface area contributed by atoms with Gasteiger partial charge in [-0.05, 0) is 0 Å². The van der Waals surface area contributed by atoms with E-state index in [1.54, 1.807) is 0 Å². The molecule has 0 unspecified atom stereocenters. The Balaban J connectivity index is 3.50. The van der Waals surface area contributed by atoms with Gasteiger partial charge in [0.1, 0.15) is 5.56 Å². The fraction of sp³-hybridized carbons (Fsp3) is 0.333. The van der Waals surface area contributed by atoms with Gasteiger partial charge >= 0.3 is 5.97 Å². The van der Waals surface area contributed by atoms with Gasteiger partial charge in [-0.3, -0.25) is 0 Å². The number of nitrogens with zero attached hydrogens (tertiary/aromatic N) is 1. The summed E-state index contributed by atoms with van der Waals surface area (Å²) < 4.78 is 34.5. The number of hydrogen-bond donors (Lipinski definition) is 1. The largest absolute Gasteiger partial charge is 0.491 e. The Morgan fingerprint density at radius 2 is 2.06 bits per heavy atom. The molecule has 0 aliphatic rings. The number of ether oxygens (including phenoxy) is 2. The number of alkyl halides is 2. The molecule has 1 N–H and O–H groups in total. The summed E-state index contributed by atoms with van der Waals surface area (Å²) in [5, 5.41) is 8.85. The molecule has 88 valence electrons. The van der Waals surface area contributed by atoms with Crippen molar-refractivity contribution in [2.75, 3.05) is 14.2 Å². The number of carboxylic acids is 1. The fourth-order valence-electron chi connectivity index (χ4n) is 1.21. The van der Waals surface area contributed by atoms with Crippen molar-refractivity contribution in [1.82, 2.24) is 4.98 Å². The van der Waals surface area contributed by atoms with Gasteiger partial charge in [-0.25, -0.2) is 18.6 Å². The van der Waals surface area contributed by atoms with Crippen LogP contribution >= 0.6 is 0 Å². The molecule has 0 spiro atoms. The van der Waals surface area contributed by atoms with Crippen LogP contribution in [0.2, 0.25) is 0 Å². The molecule has 1 rings (SSSR count). The van der Waals surface area contributed by atoms with Crippen molar-refractivity contribution >= 4 is 5.97 Å². The Morgan fingerprint density at radius 3 is 2.44 bits per heavy atom. The first kappa shape index (κ1) is 12.2. The third-order valence-corrected chi connectivity index (χ3v) is 1.88. The van der Waals surface area contributed by atoms with Crippen molar-refractivity contribution in [3.05, 3.63) is 17.3 Å². The van der Waals surface area contributed by atoms with Crippen LogP contribution in [0.1, 0.15) is 22.3 Å². The van der Waals surface area contributed by atoms with E-state index in [0.717, 1.165) is 13.3 Å². The van der Waals surface area contributed by atoms with Gasteiger partial charge in [0.05, 0.1) is 19.8 Å². The molecule has 5 nitrogen and oxygen atoms in total. The first-order chi connectivity index (χ1) is 7.52. The summed E-state index contributed by atoms with van der Waals surface area (Å²) in [4.78, 5) is 14.4. The highest BCUT2D eigenvalue weighted by Crippen LogP contribution is 2.35. The molecule has 0 aliphatic carbocycles. The Kier molecular flexibility index (Phi) is 3.60. The first-order valence-corrected chi connectivity index (χ1v) is 4.15. The van der Waals surface area contributed by atoms with E-state index in [4.69, 9.17) is 14.6 Å². The Morgan fingerprint density at radius 1 is 1.44 bits per heavy atom. The van der Waals surface area contributed by atoms with Gasteiger partial charge in [0.2, 0.25) is 0 Å². The summed E-state index contributed by atoms with van der Waals surface area (Å²) in [5.41, 5.74) is -1.34. The molecule has 0 aliphatic heterocycles. The lowest BCUT2D eigenvalue weighted by Gasteiger charge is -2.12. The molecule has 0 saturated heterocycles. The van der Waals surface area contributed by atoms with Gasteiger partial charge < -0.3 is 14.6 Å². The van der Waals surface area contributed by atoms with Crippen LogP contribution in [0.3, 0.4) is 0 Å². The molecule has 0 aromatic carbocycles. The topological polar surface area (TPSA) is 68.7 Å². The molecule has 16 heavy (non-hydrogen) atoms. The second-order valence-electron chi connectivity index (χ2n) is 2.74. The highest BCUT2D eigenvalue weighted by Gasteiger charge is 2.26. The van der Waals surface area contributed by atoms with Crippen LogP contribution in [0.5, 0.6) is 11.6 Å². The third-order valence-electron chi connectivity index (χ3n) is 1.88. The van der Waals surface area contributed by atoms with Crippen molar-refractivity contribution in [3.63, 3.8) is 0 Å². The number of carbonyl (C=O) groups is 1. The molecule has 0 saturated carbocycles. The van der Waals surface area contributed by atoms with Gasteiger partial charge in [-0.2, -0.15) is 0 Å². The van der Waals surface area contributed by atoms with Crippen LogP contribution in [-0.4, -0.2) is 30.3 Å². The molecule has 0 amide bonds. The lowest BCUT2D eigenvalue weighted by molar-refractivity contribution is 0.0678. The Bertz CT molecular complexity index is 409. The summed E-state index contributed by atoms with van der Waals surface area (Å²) in [5.74, 6) is -1.98. The van der Waals surface area contributed by atoms with Gasteiger partial charge in [-0.1, -0.05) is 0 Å². The Hall–Kier alpha value is -1.92. The quantitative estimate of drug-likeness (QED) is 0.857. The fourth-order valence-corrected chi connectivity index (χ4v) is 1.21. The summed E-state index contributed by atoms with van der Waals surface area (Å²) in [7, 11) is 2.39. The van der Waals surface area contributed by atoms with E-state index in [1.165, 1.54) is 7.11 Å². The molecule has 1 aromatic rings. The highest BCUT2D eigenvalue weighted by atomic mass is 19.3. The summed E-state index contributed by atoms with van der Waals surface area (Å²) in [6.07, 6.45) is -2.19. The van der Waals surface area contributed by atoms with Gasteiger partial charge in [0, 0.05) is 6.20 Å². The van der Waals surface area contributed by atoms with E-state index in [1.807, 2.05) is 0 Å². The minimum Gasteiger partial charge on any atom is -0.491 e. The number of halogens is 2. The molecule has 0 radical (unpaired) electrons. The van der Waals surface area contributed by atoms with Crippen molar-refractivity contribution in [2.45, 2.75) is 6.43 Å². The van der Waals surface area contributed by atoms with Crippen LogP contribution < -0.4 is 9.47 Å². The van der Waals surface area contributed by atoms with Crippen LogP contribution in [0, 0.1) is 0 Å². The molecule has 1 heterocycles. The minimum absolute atomic E-state index is 0.149. The highest BCUT2D eigenvalue weighted by molar-refractivity contribution is 5.93. The number of methoxy groups -OCH3 is 2. The van der Waals surface area contributed by atoms with Crippen molar-refractivity contribution in [2.24, 2.45) is 0 Å². The molecule has 0 atom stereocenters. The predicted octanol–water partition coefficient (Wildman–Crippen LogP) is 1.73. The van der Waals surface area contributed by atoms with E-state index in [-0.39, 0.29) is 11.6 Å². The molecule has 0 fully saturated rings. The number of hydrogen-bond acceptors (Lipinski definition) is 4. The second kappa shape index (κ2) is 4.73. The minimum atomic E-state index is -2.95. The summed E-state index contributed by atoms with van der Waals surface area (Å²) >= 11 is 0. The molecule has 0 bridgehead atoms. The zero-order valence-electron chi connectivity index (χ0n) is 8.53. The maximum atomic E-state index is 12.5. The average Bonchev–Trinajstić information content (AvgIpc) is 2.26. The molecular weight excluding hydrogens is 224 g/mol. The zero-order chi connectivity index (χ0) is 12.3. The Labute approximate surface area is 89.6 Å². The van der Waals surface area contributed by atoms with Crippen molar-refractivity contribution < 1.29 is 28.2 Å². The van der Waals surface area contributed by atoms with Gasteiger partial charge in [0.25, 0.3) is 12.3 Å². The number of aromatic carboxylic acids is 1. The summed E-state index contributed by atoms with van der Waals surface area (Å²) in [6.45, 7) is 0. The lowest BCUT2D eigenvalue weighted by atomic mass is 10.1.